The number of pyridine rings is 1. The minimum Gasteiger partial charge on any atom is -0.370 e. The summed E-state index contributed by atoms with van der Waals surface area (Å²) in [5.41, 5.74) is 7.17. The number of fused-ring (bicyclic) bond motifs is 1. The standard InChI is InChI=1S/C25H32N4O/c1-5-19-14-20(8-7-17(19)3)23-15-24(30)29-16-22(13-18(4)25(29)27-23)28-11-9-21(10-12-28)26-6-2/h7-8,13-16,21,26H,5-6,9-12H2,1-4H3. The van der Waals surface area contributed by atoms with Gasteiger partial charge in [-0.15, -0.1) is 0 Å². The molecule has 0 radical (unpaired) electrons. The van der Waals surface area contributed by atoms with Gasteiger partial charge in [-0.2, -0.15) is 0 Å². The van der Waals surface area contributed by atoms with E-state index in [1.165, 1.54) is 11.1 Å². The topological polar surface area (TPSA) is 49.6 Å². The molecule has 0 unspecified atom stereocenters. The zero-order valence-corrected chi connectivity index (χ0v) is 18.5. The van der Waals surface area contributed by atoms with Crippen molar-refractivity contribution in [3.8, 4) is 11.3 Å². The second-order valence-electron chi connectivity index (χ2n) is 8.37. The summed E-state index contributed by atoms with van der Waals surface area (Å²) in [7, 11) is 0. The molecule has 1 N–H and O–H groups in total. The molecule has 158 valence electrons. The molecule has 0 bridgehead atoms. The van der Waals surface area contributed by atoms with Gasteiger partial charge in [0.25, 0.3) is 5.56 Å². The van der Waals surface area contributed by atoms with Crippen molar-refractivity contribution in [2.24, 2.45) is 0 Å². The molecule has 2 aromatic heterocycles. The normalized spacial score (nSPS) is 15.1. The molecule has 1 aromatic carbocycles. The van der Waals surface area contributed by atoms with Gasteiger partial charge < -0.3 is 10.2 Å². The van der Waals surface area contributed by atoms with Gasteiger partial charge >= 0.3 is 0 Å². The summed E-state index contributed by atoms with van der Waals surface area (Å²) in [5, 5.41) is 3.55. The number of piperidine rings is 1. The molecule has 0 amide bonds. The predicted molar refractivity (Wildman–Crippen MR) is 125 cm³/mol. The number of nitrogens with one attached hydrogen (secondary N) is 1. The van der Waals surface area contributed by atoms with Crippen LogP contribution in [0.4, 0.5) is 5.69 Å². The van der Waals surface area contributed by atoms with Crippen LogP contribution in [0.15, 0.2) is 41.3 Å². The maximum atomic E-state index is 13.0. The van der Waals surface area contributed by atoms with Crippen molar-refractivity contribution in [2.75, 3.05) is 24.5 Å². The third kappa shape index (κ3) is 3.99. The Morgan fingerprint density at radius 1 is 1.07 bits per heavy atom. The van der Waals surface area contributed by atoms with E-state index in [9.17, 15) is 4.79 Å². The van der Waals surface area contributed by atoms with Crippen LogP contribution in [0.3, 0.4) is 0 Å². The van der Waals surface area contributed by atoms with Crippen molar-refractivity contribution in [3.05, 3.63) is 63.6 Å². The Morgan fingerprint density at radius 3 is 2.53 bits per heavy atom. The highest BCUT2D eigenvalue weighted by Crippen LogP contribution is 2.25. The summed E-state index contributed by atoms with van der Waals surface area (Å²) in [6, 6.07) is 10.8. The fraction of sp³-hybridized carbons (Fsp3) is 0.440. The van der Waals surface area contributed by atoms with E-state index in [0.717, 1.165) is 67.1 Å². The van der Waals surface area contributed by atoms with Crippen LogP contribution in [-0.2, 0) is 6.42 Å². The fourth-order valence-corrected chi connectivity index (χ4v) is 4.51. The average Bonchev–Trinajstić information content (AvgIpc) is 2.75. The maximum absolute atomic E-state index is 13.0. The number of anilines is 1. The van der Waals surface area contributed by atoms with E-state index in [4.69, 9.17) is 4.98 Å². The molecule has 1 aliphatic heterocycles. The summed E-state index contributed by atoms with van der Waals surface area (Å²) >= 11 is 0. The predicted octanol–water partition coefficient (Wildman–Crippen LogP) is 4.12. The van der Waals surface area contributed by atoms with E-state index in [2.05, 4.69) is 55.3 Å². The highest BCUT2D eigenvalue weighted by atomic mass is 16.1. The number of aryl methyl sites for hydroxylation is 3. The van der Waals surface area contributed by atoms with Crippen molar-refractivity contribution in [1.29, 1.82) is 0 Å². The first kappa shape index (κ1) is 20.6. The van der Waals surface area contributed by atoms with Crippen LogP contribution in [-0.4, -0.2) is 35.1 Å². The van der Waals surface area contributed by atoms with Crippen LogP contribution in [0, 0.1) is 13.8 Å². The third-order valence-corrected chi connectivity index (χ3v) is 6.31. The van der Waals surface area contributed by atoms with E-state index < -0.39 is 0 Å². The van der Waals surface area contributed by atoms with Crippen LogP contribution in [0.1, 0.15) is 43.4 Å². The molecule has 3 heterocycles. The van der Waals surface area contributed by atoms with Crippen molar-refractivity contribution in [3.63, 3.8) is 0 Å². The van der Waals surface area contributed by atoms with Gasteiger partial charge in [0.2, 0.25) is 0 Å². The van der Waals surface area contributed by atoms with Gasteiger partial charge in [0, 0.05) is 37.0 Å². The number of nitrogens with zero attached hydrogens (tertiary/aromatic N) is 3. The Morgan fingerprint density at radius 2 is 1.83 bits per heavy atom. The Hall–Kier alpha value is -2.66. The van der Waals surface area contributed by atoms with Crippen molar-refractivity contribution < 1.29 is 0 Å². The van der Waals surface area contributed by atoms with E-state index in [1.807, 2.05) is 13.1 Å². The Bertz CT molecular complexity index is 1110. The first-order valence-corrected chi connectivity index (χ1v) is 11.1. The molecule has 5 nitrogen and oxygen atoms in total. The monoisotopic (exact) mass is 404 g/mol. The molecular weight excluding hydrogens is 372 g/mol. The van der Waals surface area contributed by atoms with E-state index >= 15 is 0 Å². The Kier molecular flexibility index (Phi) is 5.91. The largest absolute Gasteiger partial charge is 0.370 e. The first-order chi connectivity index (χ1) is 14.5. The summed E-state index contributed by atoms with van der Waals surface area (Å²) < 4.78 is 1.71. The highest BCUT2D eigenvalue weighted by Gasteiger charge is 2.20. The Balaban J connectivity index is 1.69. The molecule has 30 heavy (non-hydrogen) atoms. The zero-order valence-electron chi connectivity index (χ0n) is 18.5. The van der Waals surface area contributed by atoms with Gasteiger partial charge in [-0.25, -0.2) is 4.98 Å². The summed E-state index contributed by atoms with van der Waals surface area (Å²) in [6.45, 7) is 11.5. The van der Waals surface area contributed by atoms with Crippen molar-refractivity contribution in [2.45, 2.75) is 53.0 Å². The molecule has 5 heteroatoms. The average molecular weight is 405 g/mol. The van der Waals surface area contributed by atoms with Crippen LogP contribution >= 0.6 is 0 Å². The van der Waals surface area contributed by atoms with Gasteiger partial charge in [-0.3, -0.25) is 9.20 Å². The minimum absolute atomic E-state index is 0.0268. The fourth-order valence-electron chi connectivity index (χ4n) is 4.51. The van der Waals surface area contributed by atoms with E-state index in [1.54, 1.807) is 10.5 Å². The second-order valence-corrected chi connectivity index (χ2v) is 8.37. The molecule has 1 aliphatic rings. The first-order valence-electron chi connectivity index (χ1n) is 11.1. The zero-order chi connectivity index (χ0) is 21.3. The third-order valence-electron chi connectivity index (χ3n) is 6.31. The summed E-state index contributed by atoms with van der Waals surface area (Å²) in [4.78, 5) is 20.3. The summed E-state index contributed by atoms with van der Waals surface area (Å²) in [6.07, 6.45) is 5.19. The second kappa shape index (κ2) is 8.60. The molecule has 0 aliphatic carbocycles. The number of hydrogen-bond acceptors (Lipinski definition) is 4. The number of rotatable bonds is 5. The summed E-state index contributed by atoms with van der Waals surface area (Å²) in [5.74, 6) is 0. The molecule has 0 spiro atoms. The number of hydrogen-bond donors (Lipinski definition) is 1. The van der Waals surface area contributed by atoms with Crippen LogP contribution in [0.25, 0.3) is 16.9 Å². The lowest BCUT2D eigenvalue weighted by Crippen LogP contribution is -2.42. The minimum atomic E-state index is -0.0268. The maximum Gasteiger partial charge on any atom is 0.258 e. The SMILES string of the molecule is CCNC1CCN(c2cc(C)c3nc(-c4ccc(C)c(CC)c4)cc(=O)n3c2)CC1. The molecular formula is C25H32N4O. The molecule has 1 saturated heterocycles. The van der Waals surface area contributed by atoms with Crippen LogP contribution in [0.5, 0.6) is 0 Å². The highest BCUT2D eigenvalue weighted by molar-refractivity contribution is 5.66. The molecule has 3 aromatic rings. The number of benzene rings is 1. The van der Waals surface area contributed by atoms with Gasteiger partial charge in [0.1, 0.15) is 5.65 Å². The van der Waals surface area contributed by atoms with Gasteiger partial charge in [-0.05, 0) is 68.5 Å². The molecule has 0 saturated carbocycles. The van der Waals surface area contributed by atoms with Gasteiger partial charge in [-0.1, -0.05) is 26.0 Å². The molecule has 0 atom stereocenters. The lowest BCUT2D eigenvalue weighted by atomic mass is 10.0. The van der Waals surface area contributed by atoms with Gasteiger partial charge in [0.05, 0.1) is 11.4 Å². The quantitative estimate of drug-likeness (QED) is 0.695. The lowest BCUT2D eigenvalue weighted by molar-refractivity contribution is 0.423. The molecule has 1 fully saturated rings. The smallest absolute Gasteiger partial charge is 0.258 e. The van der Waals surface area contributed by atoms with Crippen molar-refractivity contribution >= 4 is 11.3 Å². The van der Waals surface area contributed by atoms with Crippen molar-refractivity contribution in [1.82, 2.24) is 14.7 Å². The molecule has 4 rings (SSSR count). The number of aromatic nitrogens is 2. The van der Waals surface area contributed by atoms with Crippen LogP contribution < -0.4 is 15.8 Å². The Labute approximate surface area is 178 Å². The van der Waals surface area contributed by atoms with E-state index in [-0.39, 0.29) is 5.56 Å². The van der Waals surface area contributed by atoms with Crippen LogP contribution in [0.2, 0.25) is 0 Å². The van der Waals surface area contributed by atoms with E-state index in [0.29, 0.717) is 6.04 Å². The van der Waals surface area contributed by atoms with Gasteiger partial charge in [0.15, 0.2) is 0 Å². The lowest BCUT2D eigenvalue weighted by Gasteiger charge is -2.34.